The summed E-state index contributed by atoms with van der Waals surface area (Å²) in [5, 5.41) is 15.5. The zero-order chi connectivity index (χ0) is 38.6. The van der Waals surface area contributed by atoms with Crippen LogP contribution in [0.4, 0.5) is 18.9 Å². The Hall–Kier alpha value is -5.05. The van der Waals surface area contributed by atoms with Crippen molar-refractivity contribution in [3.8, 4) is 11.1 Å². The van der Waals surface area contributed by atoms with Crippen molar-refractivity contribution in [3.63, 3.8) is 0 Å². The number of fused-ring (bicyclic) bond motifs is 1. The highest BCUT2D eigenvalue weighted by atomic mass is 32.2. The van der Waals surface area contributed by atoms with Gasteiger partial charge in [-0.05, 0) is 86.7 Å². The summed E-state index contributed by atoms with van der Waals surface area (Å²) in [7, 11) is -4.30. The molecule has 14 heteroatoms. The Bertz CT molecular complexity index is 2070. The Morgan fingerprint density at radius 2 is 1.60 bits per heavy atom. The molecule has 0 saturated heterocycles. The maximum Gasteiger partial charge on any atom is 0.416 e. The van der Waals surface area contributed by atoms with Crippen LogP contribution in [0.3, 0.4) is 0 Å². The van der Waals surface area contributed by atoms with Crippen molar-refractivity contribution in [3.05, 3.63) is 119 Å². The topological polar surface area (TPSA) is 145 Å². The first kappa shape index (κ1) is 39.2. The van der Waals surface area contributed by atoms with Gasteiger partial charge in [0.1, 0.15) is 6.04 Å². The van der Waals surface area contributed by atoms with Crippen LogP contribution in [0, 0.1) is 0 Å². The number of anilines is 1. The number of hydrogen-bond donors (Lipinski definition) is 4. The number of alkyl halides is 3. The summed E-state index contributed by atoms with van der Waals surface area (Å²) in [6.07, 6.45) is -5.09. The number of aliphatic hydroxyl groups excluding tert-OH is 1. The summed E-state index contributed by atoms with van der Waals surface area (Å²) in [6.45, 7) is 5.36. The second kappa shape index (κ2) is 15.9. The number of rotatable bonds is 12. The van der Waals surface area contributed by atoms with Crippen LogP contribution in [0.15, 0.2) is 102 Å². The van der Waals surface area contributed by atoms with Crippen molar-refractivity contribution in [2.75, 3.05) is 11.4 Å². The van der Waals surface area contributed by atoms with Crippen molar-refractivity contribution < 1.29 is 41.1 Å². The summed E-state index contributed by atoms with van der Waals surface area (Å²) in [4.78, 5) is 41.2. The Kier molecular flexibility index (Phi) is 11.8. The van der Waals surface area contributed by atoms with E-state index >= 15 is 0 Å². The molecule has 10 nitrogen and oxygen atoms in total. The molecule has 0 unspecified atom stereocenters. The first-order valence-electron chi connectivity index (χ1n) is 17.0. The van der Waals surface area contributed by atoms with Gasteiger partial charge in [0.2, 0.25) is 11.8 Å². The molecule has 53 heavy (non-hydrogen) atoms. The number of amides is 3. The maximum absolute atomic E-state index is 14.1. The van der Waals surface area contributed by atoms with Gasteiger partial charge in [0.05, 0.1) is 23.1 Å². The lowest BCUT2D eigenvalue weighted by Crippen LogP contribution is -2.51. The highest BCUT2D eigenvalue weighted by Crippen LogP contribution is 2.36. The molecule has 0 aliphatic carbocycles. The van der Waals surface area contributed by atoms with Crippen LogP contribution < -0.4 is 20.3 Å². The number of benzene rings is 4. The van der Waals surface area contributed by atoms with E-state index in [1.165, 1.54) is 35.2 Å². The van der Waals surface area contributed by atoms with E-state index in [4.69, 9.17) is 0 Å². The van der Waals surface area contributed by atoms with Gasteiger partial charge in [-0.3, -0.25) is 14.4 Å². The van der Waals surface area contributed by atoms with Gasteiger partial charge in [0, 0.05) is 35.3 Å². The average molecular weight is 751 g/mol. The number of β-amino-alcohol motifs (C(OH)–C–C–N with tert-alkyl or cyclic N) is 1. The van der Waals surface area contributed by atoms with Crippen LogP contribution in [0.2, 0.25) is 0 Å². The number of carbonyl (C=O) groups is 3. The largest absolute Gasteiger partial charge is 0.416 e. The standard InChI is InChI=1S/C39H41F3N4O6S/c1-25(47)23-43-38(2,3)22-35(48)44-32-19-17-29-21-30(39(40,41)42)18-20-33(29)46(37(32)50)24-26-13-15-27(16-14-26)31-11-7-8-12-34(31)53(51,52)45-36(49)28-9-5-4-6-10-28/h4-16,18,20-21,25,32,43,47H,17,19,22-24H2,1-3H3,(H,44,48)(H,45,49)/t25-,32-/m1/s1. The van der Waals surface area contributed by atoms with Gasteiger partial charge >= 0.3 is 6.18 Å². The van der Waals surface area contributed by atoms with Gasteiger partial charge in [-0.1, -0.05) is 60.7 Å². The minimum atomic E-state index is -4.60. The Balaban J connectivity index is 1.40. The SMILES string of the molecule is C[C@@H](O)CNC(C)(C)CC(=O)N[C@@H]1CCc2cc(C(F)(F)F)ccc2N(Cc2ccc(-c3ccccc3S(=O)(=O)NC(=O)c3ccccc3)cc2)C1=O. The molecular formula is C39H41F3N4O6S. The van der Waals surface area contributed by atoms with Gasteiger partial charge in [-0.2, -0.15) is 13.2 Å². The molecule has 1 heterocycles. The Morgan fingerprint density at radius 1 is 0.943 bits per heavy atom. The molecule has 2 atom stereocenters. The van der Waals surface area contributed by atoms with Crippen LogP contribution in [0.25, 0.3) is 11.1 Å². The quantitative estimate of drug-likeness (QED) is 0.148. The van der Waals surface area contributed by atoms with Crippen LogP contribution in [-0.4, -0.2) is 55.5 Å². The lowest BCUT2D eigenvalue weighted by Gasteiger charge is -2.29. The molecule has 0 radical (unpaired) electrons. The van der Waals surface area contributed by atoms with Gasteiger partial charge < -0.3 is 20.6 Å². The Labute approximate surface area is 306 Å². The molecule has 0 fully saturated rings. The maximum atomic E-state index is 14.1. The van der Waals surface area contributed by atoms with E-state index in [-0.39, 0.29) is 48.5 Å². The predicted octanol–water partition coefficient (Wildman–Crippen LogP) is 5.59. The van der Waals surface area contributed by atoms with E-state index in [2.05, 4.69) is 15.4 Å². The van der Waals surface area contributed by atoms with Gasteiger partial charge in [0.15, 0.2) is 0 Å². The molecule has 280 valence electrons. The first-order chi connectivity index (χ1) is 24.9. The number of aliphatic hydroxyl groups is 1. The van der Waals surface area contributed by atoms with E-state index in [1.807, 2.05) is 0 Å². The zero-order valence-electron chi connectivity index (χ0n) is 29.4. The molecule has 0 bridgehead atoms. The van der Waals surface area contributed by atoms with Gasteiger partial charge in [0.25, 0.3) is 15.9 Å². The van der Waals surface area contributed by atoms with Crippen molar-refractivity contribution in [2.24, 2.45) is 0 Å². The smallest absolute Gasteiger partial charge is 0.392 e. The molecule has 1 aliphatic heterocycles. The van der Waals surface area contributed by atoms with Crippen molar-refractivity contribution in [2.45, 2.75) is 75.3 Å². The monoisotopic (exact) mass is 750 g/mol. The third kappa shape index (κ3) is 9.89. The lowest BCUT2D eigenvalue weighted by atomic mass is 9.99. The summed E-state index contributed by atoms with van der Waals surface area (Å²) in [5.41, 5.74) is 0.592. The molecule has 0 spiro atoms. The van der Waals surface area contributed by atoms with Gasteiger partial charge in [-0.15, -0.1) is 0 Å². The number of halogens is 3. The first-order valence-corrected chi connectivity index (χ1v) is 18.5. The fourth-order valence-electron chi connectivity index (χ4n) is 6.12. The highest BCUT2D eigenvalue weighted by Gasteiger charge is 2.36. The number of nitrogens with one attached hydrogen (secondary N) is 3. The number of nitrogens with zero attached hydrogens (tertiary/aromatic N) is 1. The highest BCUT2D eigenvalue weighted by molar-refractivity contribution is 7.90. The molecule has 5 rings (SSSR count). The van der Waals surface area contributed by atoms with E-state index in [9.17, 15) is 41.1 Å². The fourth-order valence-corrected chi connectivity index (χ4v) is 7.33. The van der Waals surface area contributed by atoms with Crippen LogP contribution >= 0.6 is 0 Å². The number of aryl methyl sites for hydroxylation is 1. The fraction of sp³-hybridized carbons (Fsp3) is 0.308. The second-order valence-corrected chi connectivity index (χ2v) is 15.4. The van der Waals surface area contributed by atoms with E-state index in [0.717, 1.165) is 12.1 Å². The van der Waals surface area contributed by atoms with Crippen LogP contribution in [0.5, 0.6) is 0 Å². The van der Waals surface area contributed by atoms with Crippen LogP contribution in [-0.2, 0) is 38.8 Å². The molecule has 4 N–H and O–H groups in total. The lowest BCUT2D eigenvalue weighted by molar-refractivity contribution is -0.137. The van der Waals surface area contributed by atoms with Crippen molar-refractivity contribution in [1.29, 1.82) is 0 Å². The molecular weight excluding hydrogens is 710 g/mol. The van der Waals surface area contributed by atoms with E-state index in [0.29, 0.717) is 22.3 Å². The van der Waals surface area contributed by atoms with Crippen LogP contribution in [0.1, 0.15) is 60.7 Å². The third-order valence-corrected chi connectivity index (χ3v) is 10.2. The molecule has 0 aromatic heterocycles. The summed E-state index contributed by atoms with van der Waals surface area (Å²) in [5.74, 6) is -1.72. The van der Waals surface area contributed by atoms with Gasteiger partial charge in [-0.25, -0.2) is 13.1 Å². The molecule has 4 aromatic carbocycles. The molecule has 0 saturated carbocycles. The normalized spacial score (nSPS) is 15.6. The minimum absolute atomic E-state index is 0.0245. The number of carbonyl (C=O) groups excluding carboxylic acids is 3. The zero-order valence-corrected chi connectivity index (χ0v) is 30.2. The molecule has 3 amide bonds. The summed E-state index contributed by atoms with van der Waals surface area (Å²) in [6, 6.07) is 22.9. The Morgan fingerprint density at radius 3 is 2.26 bits per heavy atom. The second-order valence-electron chi connectivity index (χ2n) is 13.7. The summed E-state index contributed by atoms with van der Waals surface area (Å²) < 4.78 is 69.9. The van der Waals surface area contributed by atoms with E-state index < -0.39 is 57.2 Å². The van der Waals surface area contributed by atoms with E-state index in [1.54, 1.807) is 75.4 Å². The van der Waals surface area contributed by atoms with Crippen molar-refractivity contribution >= 4 is 33.4 Å². The van der Waals surface area contributed by atoms with Crippen molar-refractivity contribution in [1.82, 2.24) is 15.4 Å². The molecule has 4 aromatic rings. The third-order valence-electron chi connectivity index (χ3n) is 8.82. The summed E-state index contributed by atoms with van der Waals surface area (Å²) >= 11 is 0. The average Bonchev–Trinajstić information content (AvgIpc) is 3.23. The number of hydrogen-bond acceptors (Lipinski definition) is 7. The predicted molar refractivity (Wildman–Crippen MR) is 194 cm³/mol. The minimum Gasteiger partial charge on any atom is -0.392 e. The number of sulfonamides is 1. The molecule has 1 aliphatic rings.